The maximum absolute atomic E-state index is 12.8. The van der Waals surface area contributed by atoms with Gasteiger partial charge >= 0.3 is 0 Å². The molecule has 33 heavy (non-hydrogen) atoms. The zero-order valence-corrected chi connectivity index (χ0v) is 19.3. The summed E-state index contributed by atoms with van der Waals surface area (Å²) in [6, 6.07) is 24.7. The lowest BCUT2D eigenvalue weighted by atomic mass is 10.2. The summed E-state index contributed by atoms with van der Waals surface area (Å²) in [7, 11) is 0. The lowest BCUT2D eigenvalue weighted by molar-refractivity contribution is -0.112. The maximum atomic E-state index is 12.8. The van der Waals surface area contributed by atoms with Crippen molar-refractivity contribution in [1.82, 2.24) is 0 Å². The van der Waals surface area contributed by atoms with Gasteiger partial charge in [-0.15, -0.1) is 0 Å². The molecule has 0 heterocycles. The molecule has 7 heteroatoms. The molecule has 0 spiro atoms. The molecule has 2 N–H and O–H groups in total. The number of para-hydroxylation sites is 1. The van der Waals surface area contributed by atoms with E-state index in [0.717, 1.165) is 9.79 Å². The van der Waals surface area contributed by atoms with E-state index in [9.17, 15) is 10.1 Å². The Morgan fingerprint density at radius 3 is 2.39 bits per heavy atom. The fourth-order valence-electron chi connectivity index (χ4n) is 2.91. The molecule has 3 rings (SSSR count). The number of carbonyl (C=O) groups excluding carboxylic acids is 1. The molecule has 6 nitrogen and oxygen atoms in total. The van der Waals surface area contributed by atoms with E-state index in [0.29, 0.717) is 36.1 Å². The van der Waals surface area contributed by atoms with E-state index in [-0.39, 0.29) is 5.57 Å². The predicted molar refractivity (Wildman–Crippen MR) is 132 cm³/mol. The Hall–Kier alpha value is -3.89. The lowest BCUT2D eigenvalue weighted by Crippen LogP contribution is -2.15. The highest BCUT2D eigenvalue weighted by Crippen LogP contribution is 2.33. The van der Waals surface area contributed by atoms with Gasteiger partial charge in [0.1, 0.15) is 11.6 Å². The summed E-state index contributed by atoms with van der Waals surface area (Å²) < 4.78 is 11.2. The molecule has 0 unspecified atom stereocenters. The van der Waals surface area contributed by atoms with Crippen molar-refractivity contribution >= 4 is 29.0 Å². The van der Waals surface area contributed by atoms with E-state index < -0.39 is 5.91 Å². The Bertz CT molecular complexity index is 1160. The molecule has 0 aliphatic carbocycles. The van der Waals surface area contributed by atoms with Crippen molar-refractivity contribution < 1.29 is 14.3 Å². The summed E-state index contributed by atoms with van der Waals surface area (Å²) in [6.07, 6.45) is 1.38. The van der Waals surface area contributed by atoms with Gasteiger partial charge < -0.3 is 20.1 Å². The van der Waals surface area contributed by atoms with E-state index in [4.69, 9.17) is 9.47 Å². The molecule has 0 saturated heterocycles. The fraction of sp³-hybridized carbons (Fsp3) is 0.154. The largest absolute Gasteiger partial charge is 0.490 e. The van der Waals surface area contributed by atoms with Crippen LogP contribution in [0.5, 0.6) is 11.5 Å². The van der Waals surface area contributed by atoms with E-state index in [1.807, 2.05) is 74.5 Å². The summed E-state index contributed by atoms with van der Waals surface area (Å²) in [4.78, 5) is 14.7. The second kappa shape index (κ2) is 12.2. The molecule has 0 radical (unpaired) electrons. The number of amides is 1. The highest BCUT2D eigenvalue weighted by atomic mass is 32.2. The molecule has 168 valence electrons. The third kappa shape index (κ3) is 6.79. The van der Waals surface area contributed by atoms with Gasteiger partial charge in [0, 0.05) is 27.7 Å². The second-order valence-corrected chi connectivity index (χ2v) is 7.82. The van der Waals surface area contributed by atoms with Crippen LogP contribution in [-0.2, 0) is 4.79 Å². The molecular weight excluding hydrogens is 434 g/mol. The average Bonchev–Trinajstić information content (AvgIpc) is 2.83. The molecular formula is C26H25N3O3S. The minimum Gasteiger partial charge on any atom is -0.490 e. The van der Waals surface area contributed by atoms with Gasteiger partial charge in [0.2, 0.25) is 0 Å². The van der Waals surface area contributed by atoms with E-state index in [1.165, 1.54) is 18.0 Å². The first kappa shape index (κ1) is 23.8. The van der Waals surface area contributed by atoms with E-state index in [2.05, 4.69) is 10.6 Å². The molecule has 0 fully saturated rings. The van der Waals surface area contributed by atoms with Crippen molar-refractivity contribution in [1.29, 1.82) is 5.26 Å². The summed E-state index contributed by atoms with van der Waals surface area (Å²) >= 11 is 1.54. The number of hydrogen-bond acceptors (Lipinski definition) is 6. The average molecular weight is 460 g/mol. The maximum Gasteiger partial charge on any atom is 0.267 e. The van der Waals surface area contributed by atoms with E-state index in [1.54, 1.807) is 18.2 Å². The van der Waals surface area contributed by atoms with Gasteiger partial charge in [-0.25, -0.2) is 0 Å². The highest BCUT2D eigenvalue weighted by Gasteiger charge is 2.13. The molecule has 0 bridgehead atoms. The molecule has 0 aliphatic heterocycles. The lowest BCUT2D eigenvalue weighted by Gasteiger charge is -2.13. The number of hydrogen-bond donors (Lipinski definition) is 2. The SMILES string of the molecule is CCOc1ccc(N/C=C(/C#N)C(=O)Nc2ccccc2Sc2ccccc2)cc1OCC. The normalized spacial score (nSPS) is 10.8. The van der Waals surface area contributed by atoms with Crippen molar-refractivity contribution in [2.75, 3.05) is 23.8 Å². The Balaban J connectivity index is 1.73. The molecule has 0 saturated carbocycles. The van der Waals surface area contributed by atoms with Crippen LogP contribution >= 0.6 is 11.8 Å². The monoisotopic (exact) mass is 459 g/mol. The van der Waals surface area contributed by atoms with Crippen LogP contribution in [0.25, 0.3) is 0 Å². The summed E-state index contributed by atoms with van der Waals surface area (Å²) in [5.41, 5.74) is 1.25. The molecule has 0 aromatic heterocycles. The van der Waals surface area contributed by atoms with Gasteiger partial charge in [0.25, 0.3) is 5.91 Å². The van der Waals surface area contributed by atoms with Crippen molar-refractivity contribution in [3.05, 3.63) is 84.6 Å². The Morgan fingerprint density at radius 2 is 1.67 bits per heavy atom. The van der Waals surface area contributed by atoms with Crippen molar-refractivity contribution in [2.45, 2.75) is 23.6 Å². The number of nitrogens with one attached hydrogen (secondary N) is 2. The topological polar surface area (TPSA) is 83.4 Å². The Morgan fingerprint density at radius 1 is 0.970 bits per heavy atom. The van der Waals surface area contributed by atoms with Crippen LogP contribution in [0.3, 0.4) is 0 Å². The molecule has 0 aliphatic rings. The Labute approximate surface area is 198 Å². The summed E-state index contributed by atoms with van der Waals surface area (Å²) in [5.74, 6) is 0.731. The molecule has 3 aromatic carbocycles. The first-order valence-electron chi connectivity index (χ1n) is 10.5. The number of nitrogens with zero attached hydrogens (tertiary/aromatic N) is 1. The second-order valence-electron chi connectivity index (χ2n) is 6.71. The smallest absolute Gasteiger partial charge is 0.267 e. The summed E-state index contributed by atoms with van der Waals surface area (Å²) in [6.45, 7) is 4.81. The van der Waals surface area contributed by atoms with Gasteiger partial charge in [0.15, 0.2) is 11.5 Å². The third-order valence-electron chi connectivity index (χ3n) is 4.40. The minimum absolute atomic E-state index is 0.0543. The number of nitriles is 1. The van der Waals surface area contributed by atoms with Crippen molar-refractivity contribution in [3.8, 4) is 17.6 Å². The van der Waals surface area contributed by atoms with Gasteiger partial charge in [0.05, 0.1) is 18.9 Å². The van der Waals surface area contributed by atoms with Crippen LogP contribution in [0.15, 0.2) is 94.4 Å². The van der Waals surface area contributed by atoms with Crippen LogP contribution < -0.4 is 20.1 Å². The summed E-state index contributed by atoms with van der Waals surface area (Å²) in [5, 5.41) is 15.4. The number of rotatable bonds is 10. The van der Waals surface area contributed by atoms with Crippen LogP contribution in [-0.4, -0.2) is 19.1 Å². The first-order valence-corrected chi connectivity index (χ1v) is 11.4. The van der Waals surface area contributed by atoms with Crippen molar-refractivity contribution in [2.24, 2.45) is 0 Å². The first-order chi connectivity index (χ1) is 16.1. The van der Waals surface area contributed by atoms with Crippen LogP contribution in [0.4, 0.5) is 11.4 Å². The number of anilines is 2. The van der Waals surface area contributed by atoms with E-state index >= 15 is 0 Å². The highest BCUT2D eigenvalue weighted by molar-refractivity contribution is 7.99. The third-order valence-corrected chi connectivity index (χ3v) is 5.48. The standard InChI is InChI=1S/C26H25N3O3S/c1-3-31-23-15-14-20(16-24(23)32-4-2)28-18-19(17-27)26(30)29-22-12-8-9-13-25(22)33-21-10-6-5-7-11-21/h5-16,18,28H,3-4H2,1-2H3,(H,29,30)/b19-18-. The zero-order valence-electron chi connectivity index (χ0n) is 18.5. The predicted octanol–water partition coefficient (Wildman–Crippen LogP) is 6.09. The van der Waals surface area contributed by atoms with Crippen molar-refractivity contribution in [3.63, 3.8) is 0 Å². The Kier molecular flexibility index (Phi) is 8.80. The fourth-order valence-corrected chi connectivity index (χ4v) is 3.83. The number of carbonyl (C=O) groups is 1. The van der Waals surface area contributed by atoms with Crippen LogP contribution in [0.2, 0.25) is 0 Å². The minimum atomic E-state index is -0.498. The van der Waals surface area contributed by atoms with Gasteiger partial charge in [-0.3, -0.25) is 4.79 Å². The number of benzene rings is 3. The quantitative estimate of drug-likeness (QED) is 0.282. The molecule has 1 amide bonds. The van der Waals surface area contributed by atoms with Gasteiger partial charge in [-0.2, -0.15) is 5.26 Å². The molecule has 0 atom stereocenters. The van der Waals surface area contributed by atoms with Crippen LogP contribution in [0.1, 0.15) is 13.8 Å². The van der Waals surface area contributed by atoms with Gasteiger partial charge in [-0.1, -0.05) is 42.1 Å². The molecule has 3 aromatic rings. The zero-order chi connectivity index (χ0) is 23.5. The van der Waals surface area contributed by atoms with Gasteiger partial charge in [-0.05, 0) is 50.2 Å². The number of ether oxygens (including phenoxy) is 2. The van der Waals surface area contributed by atoms with Crippen LogP contribution in [0, 0.1) is 11.3 Å².